The first-order valence-electron chi connectivity index (χ1n) is 6.54. The number of nitrogens with zero attached hydrogens (tertiary/aromatic N) is 1. The second kappa shape index (κ2) is 5.64. The van der Waals surface area contributed by atoms with Gasteiger partial charge < -0.3 is 11.1 Å². The number of primary amides is 1. The van der Waals surface area contributed by atoms with Crippen LogP contribution in [0.1, 0.15) is 38.5 Å². The van der Waals surface area contributed by atoms with Gasteiger partial charge in [-0.3, -0.25) is 9.69 Å². The molecule has 2 saturated heterocycles. The molecule has 0 aliphatic carbocycles. The molecular weight excluding hydrogens is 202 g/mol. The zero-order valence-electron chi connectivity index (χ0n) is 9.95. The van der Waals surface area contributed by atoms with Gasteiger partial charge in [0.25, 0.3) is 0 Å². The highest BCUT2D eigenvalue weighted by Crippen LogP contribution is 2.18. The lowest BCUT2D eigenvalue weighted by Crippen LogP contribution is -2.43. The number of likely N-dealkylation sites (tertiary alicyclic amines) is 1. The van der Waals surface area contributed by atoms with E-state index in [-0.39, 0.29) is 11.9 Å². The topological polar surface area (TPSA) is 58.4 Å². The van der Waals surface area contributed by atoms with Gasteiger partial charge in [-0.15, -0.1) is 0 Å². The molecule has 0 aromatic rings. The van der Waals surface area contributed by atoms with Crippen molar-refractivity contribution in [2.75, 3.05) is 19.6 Å². The van der Waals surface area contributed by atoms with Crippen LogP contribution in [-0.2, 0) is 4.79 Å². The highest BCUT2D eigenvalue weighted by Gasteiger charge is 2.29. The molecule has 2 fully saturated rings. The maximum atomic E-state index is 11.2. The largest absolute Gasteiger partial charge is 0.368 e. The second-order valence-electron chi connectivity index (χ2n) is 5.03. The molecule has 4 nitrogen and oxygen atoms in total. The first kappa shape index (κ1) is 11.9. The smallest absolute Gasteiger partial charge is 0.234 e. The number of rotatable bonds is 4. The van der Waals surface area contributed by atoms with Crippen LogP contribution in [0.5, 0.6) is 0 Å². The minimum atomic E-state index is -0.144. The van der Waals surface area contributed by atoms with Crippen molar-refractivity contribution in [1.82, 2.24) is 10.2 Å². The molecule has 0 spiro atoms. The molecule has 2 aliphatic rings. The number of carbonyl (C=O) groups is 1. The molecule has 3 N–H and O–H groups in total. The summed E-state index contributed by atoms with van der Waals surface area (Å²) in [5.74, 6) is -0.144. The van der Waals surface area contributed by atoms with Crippen LogP contribution < -0.4 is 11.1 Å². The Morgan fingerprint density at radius 3 is 2.88 bits per heavy atom. The molecule has 1 amide bonds. The van der Waals surface area contributed by atoms with Crippen LogP contribution in [0.4, 0.5) is 0 Å². The Morgan fingerprint density at radius 1 is 1.31 bits per heavy atom. The number of nitrogens with one attached hydrogen (secondary N) is 1. The zero-order valence-corrected chi connectivity index (χ0v) is 9.95. The van der Waals surface area contributed by atoms with Crippen LogP contribution in [0.3, 0.4) is 0 Å². The molecule has 0 bridgehead atoms. The second-order valence-corrected chi connectivity index (χ2v) is 5.03. The Labute approximate surface area is 97.6 Å². The summed E-state index contributed by atoms with van der Waals surface area (Å²) >= 11 is 0. The molecule has 2 atom stereocenters. The number of hydrogen-bond acceptors (Lipinski definition) is 3. The summed E-state index contributed by atoms with van der Waals surface area (Å²) in [5, 5.41) is 3.54. The molecule has 16 heavy (non-hydrogen) atoms. The maximum Gasteiger partial charge on any atom is 0.234 e. The van der Waals surface area contributed by atoms with Crippen molar-refractivity contribution >= 4 is 5.91 Å². The summed E-state index contributed by atoms with van der Waals surface area (Å²) < 4.78 is 0. The number of piperidine rings is 1. The Kier molecular flexibility index (Phi) is 4.18. The van der Waals surface area contributed by atoms with Crippen molar-refractivity contribution in [3.63, 3.8) is 0 Å². The van der Waals surface area contributed by atoms with Gasteiger partial charge in [0.15, 0.2) is 0 Å². The molecule has 0 saturated carbocycles. The van der Waals surface area contributed by atoms with Crippen LogP contribution in [0, 0.1) is 0 Å². The van der Waals surface area contributed by atoms with Crippen molar-refractivity contribution in [2.24, 2.45) is 5.73 Å². The van der Waals surface area contributed by atoms with Gasteiger partial charge >= 0.3 is 0 Å². The van der Waals surface area contributed by atoms with Crippen molar-refractivity contribution < 1.29 is 4.79 Å². The Bertz CT molecular complexity index is 238. The van der Waals surface area contributed by atoms with E-state index in [0.717, 1.165) is 38.9 Å². The van der Waals surface area contributed by atoms with Crippen LogP contribution in [0.2, 0.25) is 0 Å². The summed E-state index contributed by atoms with van der Waals surface area (Å²) in [4.78, 5) is 13.5. The lowest BCUT2D eigenvalue weighted by Gasteiger charge is -2.27. The molecule has 0 aromatic carbocycles. The lowest BCUT2D eigenvalue weighted by atomic mass is 10.0. The first-order valence-corrected chi connectivity index (χ1v) is 6.54. The van der Waals surface area contributed by atoms with Gasteiger partial charge in [-0.1, -0.05) is 6.42 Å². The van der Waals surface area contributed by atoms with Crippen molar-refractivity contribution in [3.05, 3.63) is 0 Å². The molecule has 2 heterocycles. The highest BCUT2D eigenvalue weighted by atomic mass is 16.1. The van der Waals surface area contributed by atoms with Gasteiger partial charge in [0.1, 0.15) is 0 Å². The van der Waals surface area contributed by atoms with Gasteiger partial charge in [0.2, 0.25) is 5.91 Å². The van der Waals surface area contributed by atoms with E-state index in [9.17, 15) is 4.79 Å². The molecular formula is C12H23N3O. The van der Waals surface area contributed by atoms with Crippen LogP contribution in [-0.4, -0.2) is 42.5 Å². The van der Waals surface area contributed by atoms with E-state index in [1.807, 2.05) is 0 Å². The standard InChI is InChI=1S/C12H23N3O/c13-12(16)11-5-3-8-15(11)9-6-10-4-1-2-7-14-10/h10-11,14H,1-9H2,(H2,13,16). The van der Waals surface area contributed by atoms with E-state index < -0.39 is 0 Å². The molecule has 2 unspecified atom stereocenters. The van der Waals surface area contributed by atoms with E-state index in [1.54, 1.807) is 0 Å². The summed E-state index contributed by atoms with van der Waals surface area (Å²) in [7, 11) is 0. The van der Waals surface area contributed by atoms with Gasteiger partial charge in [0, 0.05) is 12.6 Å². The molecule has 4 heteroatoms. The SMILES string of the molecule is NC(=O)C1CCCN1CCC1CCCCN1. The summed E-state index contributed by atoms with van der Waals surface area (Å²) in [6.07, 6.45) is 7.17. The third-order valence-electron chi connectivity index (χ3n) is 3.87. The van der Waals surface area contributed by atoms with E-state index in [1.165, 1.54) is 19.3 Å². The molecule has 0 aromatic heterocycles. The predicted octanol–water partition coefficient (Wildman–Crippen LogP) is 0.468. The first-order chi connectivity index (χ1) is 7.77. The predicted molar refractivity (Wildman–Crippen MR) is 64.0 cm³/mol. The van der Waals surface area contributed by atoms with Crippen molar-refractivity contribution in [2.45, 2.75) is 50.6 Å². The van der Waals surface area contributed by atoms with Crippen molar-refractivity contribution in [3.8, 4) is 0 Å². The summed E-state index contributed by atoms with van der Waals surface area (Å²) in [6.45, 7) is 3.22. The molecule has 92 valence electrons. The molecule has 2 aliphatic heterocycles. The van der Waals surface area contributed by atoms with Gasteiger partial charge in [-0.2, -0.15) is 0 Å². The van der Waals surface area contributed by atoms with Crippen LogP contribution >= 0.6 is 0 Å². The normalized spacial score (nSPS) is 31.8. The van der Waals surface area contributed by atoms with E-state index >= 15 is 0 Å². The van der Waals surface area contributed by atoms with Gasteiger partial charge in [-0.25, -0.2) is 0 Å². The molecule has 0 radical (unpaired) electrons. The van der Waals surface area contributed by atoms with E-state index in [0.29, 0.717) is 6.04 Å². The van der Waals surface area contributed by atoms with Gasteiger partial charge in [0.05, 0.1) is 6.04 Å². The monoisotopic (exact) mass is 225 g/mol. The average molecular weight is 225 g/mol. The van der Waals surface area contributed by atoms with E-state index in [4.69, 9.17) is 5.73 Å². The quantitative estimate of drug-likeness (QED) is 0.731. The fourth-order valence-electron chi connectivity index (χ4n) is 2.91. The number of hydrogen-bond donors (Lipinski definition) is 2. The highest BCUT2D eigenvalue weighted by molar-refractivity contribution is 5.80. The number of carbonyl (C=O) groups excluding carboxylic acids is 1. The Morgan fingerprint density at radius 2 is 2.19 bits per heavy atom. The molecule has 2 rings (SSSR count). The minimum Gasteiger partial charge on any atom is -0.368 e. The average Bonchev–Trinajstić information content (AvgIpc) is 2.76. The number of amides is 1. The third kappa shape index (κ3) is 2.95. The van der Waals surface area contributed by atoms with E-state index in [2.05, 4.69) is 10.2 Å². The summed E-state index contributed by atoms with van der Waals surface area (Å²) in [6, 6.07) is 0.659. The lowest BCUT2D eigenvalue weighted by molar-refractivity contribution is -0.122. The van der Waals surface area contributed by atoms with Crippen LogP contribution in [0.25, 0.3) is 0 Å². The fraction of sp³-hybridized carbons (Fsp3) is 0.917. The minimum absolute atomic E-state index is 0.00332. The Balaban J connectivity index is 1.73. The number of nitrogens with two attached hydrogens (primary N) is 1. The maximum absolute atomic E-state index is 11.2. The van der Waals surface area contributed by atoms with Crippen molar-refractivity contribution in [1.29, 1.82) is 0 Å². The fourth-order valence-corrected chi connectivity index (χ4v) is 2.91. The van der Waals surface area contributed by atoms with Gasteiger partial charge in [-0.05, 0) is 45.2 Å². The third-order valence-corrected chi connectivity index (χ3v) is 3.87. The summed E-state index contributed by atoms with van der Waals surface area (Å²) in [5.41, 5.74) is 5.40. The Hall–Kier alpha value is -0.610. The van der Waals surface area contributed by atoms with Crippen LogP contribution in [0.15, 0.2) is 0 Å². The zero-order chi connectivity index (χ0) is 11.4.